The Labute approximate surface area is 696 Å². The van der Waals surface area contributed by atoms with E-state index in [0.29, 0.717) is 136 Å². The summed E-state index contributed by atoms with van der Waals surface area (Å²) < 4.78 is 72.9. The Morgan fingerprint density at radius 1 is 0.158 bits per heavy atom. The Morgan fingerprint density at radius 3 is 0.508 bits per heavy atom. The van der Waals surface area contributed by atoms with E-state index in [1.165, 1.54) is 0 Å². The van der Waals surface area contributed by atoms with Crippen LogP contribution in [-0.2, 0) is 0 Å². The van der Waals surface area contributed by atoms with E-state index in [4.69, 9.17) is 66.8 Å². The number of rotatable bonds is 24. The van der Waals surface area contributed by atoms with E-state index in [-0.39, 0.29) is 0 Å². The Balaban J connectivity index is 1.25. The fraction of sp³-hybridized carbons (Fsp3) is 0.115. The van der Waals surface area contributed by atoms with Crippen LogP contribution in [0.1, 0.15) is 55.9 Å². The summed E-state index contributed by atoms with van der Waals surface area (Å²) in [4.78, 5) is 22.1. The van der Waals surface area contributed by atoms with Crippen molar-refractivity contribution in [2.45, 2.75) is 0 Å². The zero-order chi connectivity index (χ0) is 82.7. The van der Waals surface area contributed by atoms with Crippen molar-refractivity contribution in [1.29, 1.82) is 0 Å². The van der Waals surface area contributed by atoms with Crippen molar-refractivity contribution in [3.63, 3.8) is 0 Å². The quantitative estimate of drug-likeness (QED) is 0.0589. The highest BCUT2D eigenvalue weighted by Crippen LogP contribution is 2.56. The number of aromatic nitrogens is 2. The molecule has 2 N–H and O–H groups in total. The molecule has 1 aliphatic carbocycles. The number of benzene rings is 12. The average Bonchev–Trinajstić information content (AvgIpc) is 1.54. The Bertz CT molecular complexity index is 6120. The number of hydrogen-bond donors (Lipinski definition) is 2. The molecule has 0 radical (unpaired) electrons. The maximum absolute atomic E-state index is 6.57. The van der Waals surface area contributed by atoms with Crippen molar-refractivity contribution in [1.82, 2.24) is 9.97 Å². The maximum atomic E-state index is 6.57. The highest BCUT2D eigenvalue weighted by molar-refractivity contribution is 6.53. The molecule has 0 saturated heterocycles. The summed E-state index contributed by atoms with van der Waals surface area (Å²) in [6, 6.07) is 99.0. The van der Waals surface area contributed by atoms with E-state index in [1.807, 2.05) is 146 Å². The van der Waals surface area contributed by atoms with E-state index < -0.39 is 0 Å². The molecule has 0 fully saturated rings. The van der Waals surface area contributed by atoms with Gasteiger partial charge in [0, 0.05) is 66.8 Å². The minimum atomic E-state index is 0.604. The second-order valence-electron chi connectivity index (χ2n) is 28.6. The molecular formula is C104H86N4O12. The molecule has 0 unspecified atom stereocenters. The van der Waals surface area contributed by atoms with Gasteiger partial charge in [0.2, 0.25) is 0 Å². The molecule has 0 spiro atoms. The molecule has 8 bridgehead atoms. The molecule has 0 saturated carbocycles. The first-order valence-corrected chi connectivity index (χ1v) is 39.1. The summed E-state index contributed by atoms with van der Waals surface area (Å²) in [5.74, 6) is 7.89. The molecule has 4 heterocycles. The highest BCUT2D eigenvalue weighted by Gasteiger charge is 2.40. The minimum Gasteiger partial charge on any atom is -0.497 e. The number of ether oxygens (including phenoxy) is 12. The van der Waals surface area contributed by atoms with Gasteiger partial charge in [-0.1, -0.05) is 146 Å². The zero-order valence-electron chi connectivity index (χ0n) is 68.5. The number of fused-ring (bicyclic) bond motifs is 10. The molecule has 120 heavy (non-hydrogen) atoms. The lowest BCUT2D eigenvalue weighted by Gasteiger charge is -2.18. The Kier molecular flexibility index (Phi) is 21.7. The van der Waals surface area contributed by atoms with Crippen LogP contribution in [0.25, 0.3) is 89.1 Å². The van der Waals surface area contributed by atoms with E-state index in [1.54, 1.807) is 85.3 Å². The maximum Gasteiger partial charge on any atom is 0.118 e. The van der Waals surface area contributed by atoms with Gasteiger partial charge < -0.3 is 66.8 Å². The Morgan fingerprint density at radius 2 is 0.317 bits per heavy atom. The second-order valence-corrected chi connectivity index (χ2v) is 28.6. The summed E-state index contributed by atoms with van der Waals surface area (Å²) in [5, 5.41) is 1.38. The van der Waals surface area contributed by atoms with Gasteiger partial charge in [0.25, 0.3) is 0 Å². The van der Waals surface area contributed by atoms with Crippen LogP contribution >= 0.6 is 0 Å². The summed E-state index contributed by atoms with van der Waals surface area (Å²) in [5.41, 5.74) is 22.9. The number of aromatic amines is 2. The van der Waals surface area contributed by atoms with E-state index in [0.717, 1.165) is 111 Å². The van der Waals surface area contributed by atoms with Crippen molar-refractivity contribution in [2.75, 3.05) is 85.3 Å². The van der Waals surface area contributed by atoms with Crippen LogP contribution in [0, 0.1) is 0 Å². The normalized spacial score (nSPS) is 13.1. The molecule has 0 amide bonds. The van der Waals surface area contributed by atoms with Crippen LogP contribution in [0.15, 0.2) is 313 Å². The van der Waals surface area contributed by atoms with Gasteiger partial charge in [-0.25, -0.2) is 9.98 Å². The molecule has 594 valence electrons. The van der Waals surface area contributed by atoms with Crippen LogP contribution in [0.2, 0.25) is 0 Å². The second kappa shape index (κ2) is 33.6. The van der Waals surface area contributed by atoms with Crippen molar-refractivity contribution in [3.8, 4) is 114 Å². The van der Waals surface area contributed by atoms with Gasteiger partial charge >= 0.3 is 0 Å². The van der Waals surface area contributed by atoms with Gasteiger partial charge in [0.1, 0.15) is 69.0 Å². The largest absolute Gasteiger partial charge is 0.497 e. The van der Waals surface area contributed by atoms with Crippen LogP contribution in [0.3, 0.4) is 0 Å². The molecule has 17 rings (SSSR count). The number of H-pyrrole nitrogens is 2. The first-order chi connectivity index (χ1) is 58.9. The fourth-order valence-corrected chi connectivity index (χ4v) is 16.4. The van der Waals surface area contributed by atoms with Crippen LogP contribution in [0.4, 0.5) is 0 Å². The lowest BCUT2D eigenvalue weighted by Crippen LogP contribution is -2.24. The van der Waals surface area contributed by atoms with Gasteiger partial charge in [-0.3, -0.25) is 0 Å². The third-order valence-electron chi connectivity index (χ3n) is 22.4. The van der Waals surface area contributed by atoms with E-state index >= 15 is 0 Å². The topological polar surface area (TPSA) is 167 Å². The lowest BCUT2D eigenvalue weighted by molar-refractivity contribution is 0.414. The lowest BCUT2D eigenvalue weighted by atomic mass is 9.83. The monoisotopic (exact) mass is 1580 g/mol. The fourth-order valence-electron chi connectivity index (χ4n) is 16.4. The van der Waals surface area contributed by atoms with Crippen molar-refractivity contribution >= 4 is 56.0 Å². The van der Waals surface area contributed by atoms with Crippen molar-refractivity contribution in [3.05, 3.63) is 369 Å². The molecule has 16 heteroatoms. The van der Waals surface area contributed by atoms with Crippen LogP contribution in [-0.4, -0.2) is 107 Å². The molecule has 12 aromatic carbocycles. The standard InChI is InChI=1S/C104H86N4O12/c1-109-73-37-13-61(14-38-73)85-86(62-15-39-74(110-2)40-16-62)98-94(70-31-55-82(118-10)56-32-70)100-89(65-21-45-77(113-5)46-22-65)90(66-23-47-78(114-6)48-24-66)102(107-100)96(72-35-59-84(120-12)60-36-72)104-92(68-27-51-80(116-8)52-28-68)91(67-25-49-79(115-7)50-26-67)103(108-104)95(71-33-57-83(119-11)58-34-71)101-88(64-19-43-76(112-4)44-20-64)87(63-17-41-75(111-3)42-18-63)99(106-101)93(97(85)105-98)69-29-53-81(117-9)54-30-69/h13-60,105,108H,1-12H3. The van der Waals surface area contributed by atoms with Gasteiger partial charge in [-0.2, -0.15) is 0 Å². The average molecular weight is 1580 g/mol. The predicted octanol–water partition coefficient (Wildman–Crippen LogP) is 20.9. The molecule has 3 aliphatic rings. The van der Waals surface area contributed by atoms with E-state index in [2.05, 4.69) is 156 Å². The van der Waals surface area contributed by atoms with Gasteiger partial charge in [-0.15, -0.1) is 0 Å². The zero-order valence-corrected chi connectivity index (χ0v) is 68.5. The first-order valence-electron chi connectivity index (χ1n) is 39.1. The summed E-state index contributed by atoms with van der Waals surface area (Å²) in [7, 11) is 20.2. The molecule has 0 atom stereocenters. The third kappa shape index (κ3) is 14.3. The van der Waals surface area contributed by atoms with Gasteiger partial charge in [0.15, 0.2) is 0 Å². The molecular weight excluding hydrogens is 1500 g/mol. The summed E-state index contributed by atoms with van der Waals surface area (Å²) in [6.45, 7) is 0. The number of allylic oxidation sites excluding steroid dienone is 4. The first kappa shape index (κ1) is 77.4. The summed E-state index contributed by atoms with van der Waals surface area (Å²) >= 11 is 0. The summed E-state index contributed by atoms with van der Waals surface area (Å²) in [6.07, 6.45) is 0. The minimum absolute atomic E-state index is 0.604. The van der Waals surface area contributed by atoms with Gasteiger partial charge in [0.05, 0.1) is 130 Å². The van der Waals surface area contributed by atoms with Crippen LogP contribution < -0.4 is 67.5 Å². The third-order valence-corrected chi connectivity index (χ3v) is 22.4. The Hall–Kier alpha value is -15.2. The van der Waals surface area contributed by atoms with E-state index in [9.17, 15) is 0 Å². The molecule has 2 aliphatic heterocycles. The number of nitrogens with zero attached hydrogens (tertiary/aromatic N) is 2. The number of hydrogen-bond acceptors (Lipinski definition) is 14. The predicted molar refractivity (Wildman–Crippen MR) is 478 cm³/mol. The SMILES string of the molecule is COc1ccc(C2=C(c3ccc(OC)cc3)C3=C(c4ccc(OC)cc4)c4[nH]c(c(-c5ccc(OC)cc5)c4-c4ccc(OC)cc4)C(c4ccc(OC)cc4)=C4N=C(C(c5ccc(OC)cc5)=C4c4ccc(OC)cc4)C(c4ccc(OC)cc4)=c4[nH]c(c(-c5ccc(OC)cc5)c4-c4ccc(OC)cc4)=C(c4ccc(OC)cc4)C2=N3)cc1. The van der Waals surface area contributed by atoms with Crippen LogP contribution in [0.5, 0.6) is 69.0 Å². The molecule has 14 aromatic rings. The van der Waals surface area contributed by atoms with Crippen molar-refractivity contribution < 1.29 is 56.8 Å². The van der Waals surface area contributed by atoms with Gasteiger partial charge in [-0.05, 0) is 212 Å². The number of aliphatic imine (C=N–C) groups is 2. The smallest absolute Gasteiger partial charge is 0.118 e. The van der Waals surface area contributed by atoms with Crippen molar-refractivity contribution in [2.24, 2.45) is 9.98 Å². The molecule has 2 aromatic heterocycles. The number of nitrogens with one attached hydrogen (secondary N) is 2. The highest BCUT2D eigenvalue weighted by atomic mass is 16.5. The number of methoxy groups -OCH3 is 12. The molecule has 16 nitrogen and oxygen atoms in total.